The van der Waals surface area contributed by atoms with Gasteiger partial charge in [-0.3, -0.25) is 4.57 Å². The van der Waals surface area contributed by atoms with Crippen LogP contribution in [-0.2, 0) is 21.8 Å². The molecule has 0 aliphatic carbocycles. The van der Waals surface area contributed by atoms with E-state index in [0.717, 1.165) is 48.9 Å². The summed E-state index contributed by atoms with van der Waals surface area (Å²) >= 11 is 0. The van der Waals surface area contributed by atoms with Crippen molar-refractivity contribution in [1.82, 2.24) is 19.5 Å². The van der Waals surface area contributed by atoms with E-state index >= 15 is 0 Å². The van der Waals surface area contributed by atoms with Crippen molar-refractivity contribution in [3.63, 3.8) is 0 Å². The van der Waals surface area contributed by atoms with Gasteiger partial charge in [-0.15, -0.1) is 0 Å². The molecule has 0 saturated carbocycles. The van der Waals surface area contributed by atoms with Gasteiger partial charge >= 0.3 is 0 Å². The summed E-state index contributed by atoms with van der Waals surface area (Å²) in [7, 11) is -0.311. The highest BCUT2D eigenvalue weighted by Crippen LogP contribution is 2.40. The predicted molar refractivity (Wildman–Crippen MR) is 127 cm³/mol. The lowest BCUT2D eigenvalue weighted by molar-refractivity contribution is -0.0311. The number of ether oxygens (including phenoxy) is 2. The monoisotopic (exact) mass is 454 g/mol. The average molecular weight is 455 g/mol. The molecule has 1 aliphatic rings. The van der Waals surface area contributed by atoms with Crippen LogP contribution in [0.4, 0.5) is 0 Å². The molecule has 7 nitrogen and oxygen atoms in total. The number of imidazole rings is 1. The van der Waals surface area contributed by atoms with E-state index in [9.17, 15) is 0 Å². The topological polar surface area (TPSA) is 71.3 Å². The maximum Gasteiger partial charge on any atom is 0.245 e. The van der Waals surface area contributed by atoms with Crippen molar-refractivity contribution in [2.45, 2.75) is 70.5 Å². The number of hydrogen-bond acceptors (Lipinski definition) is 6. The quantitative estimate of drug-likeness (QED) is 0.457. The van der Waals surface area contributed by atoms with Crippen LogP contribution in [0.1, 0.15) is 57.6 Å². The molecule has 2 unspecified atom stereocenters. The molecule has 1 aliphatic heterocycles. The average Bonchev–Trinajstić information content (AvgIpc) is 3.16. The Labute approximate surface area is 191 Å². The molecule has 1 saturated heterocycles. The molecule has 0 N–H and O–H groups in total. The fourth-order valence-corrected chi connectivity index (χ4v) is 6.20. The van der Waals surface area contributed by atoms with Crippen LogP contribution in [0.25, 0.3) is 11.2 Å². The van der Waals surface area contributed by atoms with Crippen LogP contribution >= 0.6 is 0 Å². The lowest BCUT2D eigenvalue weighted by atomic mass is 10.2. The summed E-state index contributed by atoms with van der Waals surface area (Å²) in [6.07, 6.45) is 4.65. The Kier molecular flexibility index (Phi) is 6.64. The van der Waals surface area contributed by atoms with Crippen LogP contribution in [0.2, 0.25) is 11.6 Å². The van der Waals surface area contributed by atoms with Crippen molar-refractivity contribution in [2.24, 2.45) is 0 Å². The smallest absolute Gasteiger partial charge is 0.245 e. The van der Waals surface area contributed by atoms with Gasteiger partial charge < -0.3 is 13.9 Å². The fraction of sp³-hybridized carbons (Fsp3) is 0.542. The molecule has 2 atom stereocenters. The van der Waals surface area contributed by atoms with E-state index in [1.165, 1.54) is 0 Å². The minimum atomic E-state index is -2.14. The first kappa shape index (κ1) is 22.9. The molecule has 1 aromatic carbocycles. The largest absolute Gasteiger partial charge is 0.471 e. The first-order chi connectivity index (χ1) is 15.3. The molecule has 2 aromatic heterocycles. The summed E-state index contributed by atoms with van der Waals surface area (Å²) in [6, 6.07) is 10.8. The molecule has 0 radical (unpaired) electrons. The van der Waals surface area contributed by atoms with Gasteiger partial charge in [0.15, 0.2) is 11.2 Å². The highest BCUT2D eigenvalue weighted by molar-refractivity contribution is 6.74. The fourth-order valence-electron chi connectivity index (χ4n) is 4.06. The van der Waals surface area contributed by atoms with Crippen molar-refractivity contribution in [3.8, 4) is 5.88 Å². The molecule has 32 heavy (non-hydrogen) atoms. The second-order valence-electron chi connectivity index (χ2n) is 9.71. The minimum Gasteiger partial charge on any atom is -0.471 e. The zero-order chi connectivity index (χ0) is 22.8. The Hall–Kier alpha value is -2.29. The summed E-state index contributed by atoms with van der Waals surface area (Å²) in [5.41, 5.74) is 2.54. The molecule has 0 bridgehead atoms. The third kappa shape index (κ3) is 4.58. The van der Waals surface area contributed by atoms with Gasteiger partial charge in [0.2, 0.25) is 14.2 Å². The summed E-state index contributed by atoms with van der Waals surface area (Å²) in [6.45, 7) is 10.2. The Balaban J connectivity index is 1.75. The first-order valence-electron chi connectivity index (χ1n) is 11.4. The van der Waals surface area contributed by atoms with Gasteiger partial charge in [-0.2, -0.15) is 4.98 Å². The van der Waals surface area contributed by atoms with E-state index in [4.69, 9.17) is 18.9 Å². The Bertz CT molecular complexity index is 1040. The van der Waals surface area contributed by atoms with Crippen molar-refractivity contribution >= 4 is 19.5 Å². The van der Waals surface area contributed by atoms with E-state index in [-0.39, 0.29) is 11.3 Å². The standard InChI is InChI=1S/C24H34N4O3Si/c1-24(2,3)32(5,29-4)16-19-27-21-22(28(19)20-13-9-10-14-30-20)25-17-26-23(21)31-15-18-11-7-6-8-12-18/h6-8,11-12,17,20H,9-10,13-16H2,1-5H3. The molecule has 8 heteroatoms. The first-order valence-corrected chi connectivity index (χ1v) is 14.0. The van der Waals surface area contributed by atoms with Crippen molar-refractivity contribution in [3.05, 3.63) is 48.0 Å². The van der Waals surface area contributed by atoms with Crippen LogP contribution in [0.5, 0.6) is 5.88 Å². The molecular formula is C24H34N4O3Si. The predicted octanol–water partition coefficient (Wildman–Crippen LogP) is 5.21. The Morgan fingerprint density at radius 2 is 1.94 bits per heavy atom. The Morgan fingerprint density at radius 1 is 1.16 bits per heavy atom. The van der Waals surface area contributed by atoms with E-state index in [0.29, 0.717) is 18.0 Å². The maximum atomic E-state index is 6.17. The van der Waals surface area contributed by atoms with Crippen LogP contribution < -0.4 is 4.74 Å². The second-order valence-corrected chi connectivity index (χ2v) is 14.4. The third-order valence-electron chi connectivity index (χ3n) is 6.71. The lowest BCUT2D eigenvalue weighted by Gasteiger charge is -2.38. The van der Waals surface area contributed by atoms with Crippen molar-refractivity contribution in [1.29, 1.82) is 0 Å². The number of benzene rings is 1. The molecule has 3 heterocycles. The van der Waals surface area contributed by atoms with Gasteiger partial charge in [-0.05, 0) is 36.4 Å². The molecule has 0 amide bonds. The lowest BCUT2D eigenvalue weighted by Crippen LogP contribution is -2.46. The summed E-state index contributed by atoms with van der Waals surface area (Å²) in [5.74, 6) is 1.45. The van der Waals surface area contributed by atoms with Gasteiger partial charge in [0.1, 0.15) is 25.0 Å². The van der Waals surface area contributed by atoms with E-state index in [2.05, 4.69) is 41.9 Å². The van der Waals surface area contributed by atoms with Gasteiger partial charge in [0.25, 0.3) is 0 Å². The van der Waals surface area contributed by atoms with Gasteiger partial charge in [-0.1, -0.05) is 51.1 Å². The molecule has 1 fully saturated rings. The normalized spacial score (nSPS) is 19.1. The highest BCUT2D eigenvalue weighted by Gasteiger charge is 2.43. The van der Waals surface area contributed by atoms with E-state index in [1.807, 2.05) is 37.4 Å². The van der Waals surface area contributed by atoms with E-state index in [1.54, 1.807) is 6.33 Å². The van der Waals surface area contributed by atoms with Crippen molar-refractivity contribution < 1.29 is 13.9 Å². The summed E-state index contributed by atoms with van der Waals surface area (Å²) in [5, 5.41) is 0.0520. The van der Waals surface area contributed by atoms with Crippen LogP contribution in [0.15, 0.2) is 36.7 Å². The molecular weight excluding hydrogens is 420 g/mol. The third-order valence-corrected chi connectivity index (χ3v) is 11.8. The molecule has 4 rings (SSSR count). The molecule has 172 valence electrons. The Morgan fingerprint density at radius 3 is 2.59 bits per heavy atom. The van der Waals surface area contributed by atoms with Gasteiger partial charge in [-0.25, -0.2) is 9.97 Å². The highest BCUT2D eigenvalue weighted by atomic mass is 28.4. The van der Waals surface area contributed by atoms with Gasteiger partial charge in [0.05, 0.1) is 0 Å². The number of rotatable bonds is 7. The maximum absolute atomic E-state index is 6.17. The zero-order valence-electron chi connectivity index (χ0n) is 19.8. The molecule has 0 spiro atoms. The van der Waals surface area contributed by atoms with Crippen LogP contribution in [-0.4, -0.2) is 41.6 Å². The number of aromatic nitrogens is 4. The van der Waals surface area contributed by atoms with Crippen LogP contribution in [0, 0.1) is 0 Å². The SMILES string of the molecule is CO[Si](C)(Cc1nc2c(OCc3ccccc3)ncnc2n1C1CCCCO1)C(C)(C)C. The second kappa shape index (κ2) is 9.29. The van der Waals surface area contributed by atoms with Crippen LogP contribution in [0.3, 0.4) is 0 Å². The summed E-state index contributed by atoms with van der Waals surface area (Å²) < 4.78 is 20.6. The number of nitrogens with zero attached hydrogens (tertiary/aromatic N) is 4. The minimum absolute atomic E-state index is 0.0520. The van der Waals surface area contributed by atoms with Gasteiger partial charge in [0, 0.05) is 19.8 Å². The zero-order valence-corrected chi connectivity index (χ0v) is 20.8. The molecule has 3 aromatic rings. The number of hydrogen-bond donors (Lipinski definition) is 0. The summed E-state index contributed by atoms with van der Waals surface area (Å²) in [4.78, 5) is 14.1. The number of fused-ring (bicyclic) bond motifs is 1. The van der Waals surface area contributed by atoms with E-state index < -0.39 is 8.32 Å². The van der Waals surface area contributed by atoms with Crippen molar-refractivity contribution in [2.75, 3.05) is 13.7 Å².